The molecular formula is C24H28FN3O5S2. The van der Waals surface area contributed by atoms with Crippen LogP contribution in [-0.2, 0) is 26.1 Å². The Morgan fingerprint density at radius 3 is 2.31 bits per heavy atom. The molecule has 1 aromatic heterocycles. The third-order valence-electron chi connectivity index (χ3n) is 5.13. The van der Waals surface area contributed by atoms with Gasteiger partial charge in [-0.2, -0.15) is 9.30 Å². The SMILES string of the molecule is CCCN(CCC)S(=O)(=O)c1ccc(C(=O)N=c2sc3cccc(F)c3n2CC(=O)OCC)cc1. The summed E-state index contributed by atoms with van der Waals surface area (Å²) in [6.45, 7) is 6.17. The molecule has 35 heavy (non-hydrogen) atoms. The highest BCUT2D eigenvalue weighted by atomic mass is 32.2. The fraction of sp³-hybridized carbons (Fsp3) is 0.375. The van der Waals surface area contributed by atoms with Crippen molar-refractivity contribution >= 4 is 43.5 Å². The summed E-state index contributed by atoms with van der Waals surface area (Å²) in [5.41, 5.74) is 0.326. The number of nitrogens with zero attached hydrogens (tertiary/aromatic N) is 3. The van der Waals surface area contributed by atoms with Crippen molar-refractivity contribution in [3.8, 4) is 0 Å². The normalized spacial score (nSPS) is 12.4. The van der Waals surface area contributed by atoms with Crippen LogP contribution >= 0.6 is 11.3 Å². The van der Waals surface area contributed by atoms with E-state index in [2.05, 4.69) is 4.99 Å². The number of hydrogen-bond acceptors (Lipinski definition) is 6. The summed E-state index contributed by atoms with van der Waals surface area (Å²) >= 11 is 1.07. The predicted octanol–water partition coefficient (Wildman–Crippen LogP) is 3.96. The Balaban J connectivity index is 1.98. The molecule has 2 aromatic carbocycles. The number of amides is 1. The number of sulfonamides is 1. The van der Waals surface area contributed by atoms with Crippen molar-refractivity contribution in [3.05, 3.63) is 58.6 Å². The van der Waals surface area contributed by atoms with E-state index in [1.165, 1.54) is 45.3 Å². The number of esters is 1. The number of fused-ring (bicyclic) bond motifs is 1. The van der Waals surface area contributed by atoms with Gasteiger partial charge in [0.05, 0.1) is 21.7 Å². The first-order valence-electron chi connectivity index (χ1n) is 11.4. The topological polar surface area (TPSA) is 98.0 Å². The zero-order chi connectivity index (χ0) is 25.6. The second-order valence-electron chi connectivity index (χ2n) is 7.71. The Hall–Kier alpha value is -2.89. The number of ether oxygens (including phenoxy) is 1. The Morgan fingerprint density at radius 1 is 1.06 bits per heavy atom. The molecule has 0 saturated heterocycles. The van der Waals surface area contributed by atoms with Gasteiger partial charge in [0.1, 0.15) is 12.4 Å². The van der Waals surface area contributed by atoms with E-state index in [1.807, 2.05) is 13.8 Å². The number of thiazole rings is 1. The number of aromatic nitrogens is 1. The van der Waals surface area contributed by atoms with Crippen LogP contribution in [0.5, 0.6) is 0 Å². The average molecular weight is 522 g/mol. The molecule has 3 rings (SSSR count). The summed E-state index contributed by atoms with van der Waals surface area (Å²) in [4.78, 5) is 29.3. The Kier molecular flexibility index (Phi) is 8.92. The first kappa shape index (κ1) is 26.7. The molecule has 0 saturated carbocycles. The summed E-state index contributed by atoms with van der Waals surface area (Å²) in [5.74, 6) is -1.77. The molecule has 3 aromatic rings. The molecule has 0 radical (unpaired) electrons. The van der Waals surface area contributed by atoms with Gasteiger partial charge in [-0.15, -0.1) is 0 Å². The van der Waals surface area contributed by atoms with Gasteiger partial charge in [0.25, 0.3) is 5.91 Å². The first-order chi connectivity index (χ1) is 16.7. The van der Waals surface area contributed by atoms with Crippen molar-refractivity contribution in [2.24, 2.45) is 4.99 Å². The van der Waals surface area contributed by atoms with Crippen LogP contribution < -0.4 is 4.80 Å². The molecule has 0 spiro atoms. The molecule has 0 aliphatic carbocycles. The average Bonchev–Trinajstić information content (AvgIpc) is 3.17. The van der Waals surface area contributed by atoms with Crippen molar-refractivity contribution in [2.75, 3.05) is 19.7 Å². The minimum atomic E-state index is -3.68. The van der Waals surface area contributed by atoms with Gasteiger partial charge in [0, 0.05) is 18.7 Å². The van der Waals surface area contributed by atoms with Crippen molar-refractivity contribution < 1.29 is 27.1 Å². The highest BCUT2D eigenvalue weighted by Crippen LogP contribution is 2.21. The van der Waals surface area contributed by atoms with E-state index in [4.69, 9.17) is 4.74 Å². The van der Waals surface area contributed by atoms with Crippen LogP contribution in [0.1, 0.15) is 44.0 Å². The van der Waals surface area contributed by atoms with E-state index >= 15 is 0 Å². The van der Waals surface area contributed by atoms with Gasteiger partial charge in [-0.05, 0) is 56.2 Å². The van der Waals surface area contributed by atoms with Gasteiger partial charge in [0.15, 0.2) is 4.80 Å². The van der Waals surface area contributed by atoms with E-state index in [1.54, 1.807) is 13.0 Å². The minimum Gasteiger partial charge on any atom is -0.465 e. The van der Waals surface area contributed by atoms with Crippen LogP contribution in [0.4, 0.5) is 4.39 Å². The minimum absolute atomic E-state index is 0.0947. The van der Waals surface area contributed by atoms with Crippen LogP contribution in [0.3, 0.4) is 0 Å². The lowest BCUT2D eigenvalue weighted by atomic mass is 10.2. The highest BCUT2D eigenvalue weighted by molar-refractivity contribution is 7.89. The zero-order valence-electron chi connectivity index (χ0n) is 19.9. The van der Waals surface area contributed by atoms with E-state index in [0.717, 1.165) is 11.3 Å². The van der Waals surface area contributed by atoms with Crippen LogP contribution in [0, 0.1) is 5.82 Å². The quantitative estimate of drug-likeness (QED) is 0.376. The lowest BCUT2D eigenvalue weighted by molar-refractivity contribution is -0.143. The molecule has 1 amide bonds. The lowest BCUT2D eigenvalue weighted by Gasteiger charge is -2.21. The summed E-state index contributed by atoms with van der Waals surface area (Å²) in [5, 5.41) is 0. The zero-order valence-corrected chi connectivity index (χ0v) is 21.5. The number of hydrogen-bond donors (Lipinski definition) is 0. The molecule has 0 N–H and O–H groups in total. The van der Waals surface area contributed by atoms with Crippen molar-refractivity contribution in [1.82, 2.24) is 8.87 Å². The number of carbonyl (C=O) groups is 2. The lowest BCUT2D eigenvalue weighted by Crippen LogP contribution is -2.32. The second kappa shape index (κ2) is 11.7. The molecule has 0 aliphatic heterocycles. The molecule has 1 heterocycles. The molecule has 8 nitrogen and oxygen atoms in total. The van der Waals surface area contributed by atoms with E-state index in [0.29, 0.717) is 30.6 Å². The molecule has 0 fully saturated rings. The van der Waals surface area contributed by atoms with E-state index < -0.39 is 27.7 Å². The first-order valence-corrected chi connectivity index (χ1v) is 13.6. The smallest absolute Gasteiger partial charge is 0.326 e. The molecule has 11 heteroatoms. The molecule has 0 atom stereocenters. The maximum atomic E-state index is 14.5. The Labute approximate surface area is 207 Å². The molecule has 0 bridgehead atoms. The van der Waals surface area contributed by atoms with Gasteiger partial charge in [0.2, 0.25) is 10.0 Å². The summed E-state index contributed by atoms with van der Waals surface area (Å²) in [6.07, 6.45) is 1.38. The van der Waals surface area contributed by atoms with Gasteiger partial charge in [-0.1, -0.05) is 31.3 Å². The third-order valence-corrected chi connectivity index (χ3v) is 8.08. The number of halogens is 1. The predicted molar refractivity (Wildman–Crippen MR) is 132 cm³/mol. The van der Waals surface area contributed by atoms with Crippen molar-refractivity contribution in [3.63, 3.8) is 0 Å². The Bertz CT molecular complexity index is 1370. The van der Waals surface area contributed by atoms with Crippen molar-refractivity contribution in [1.29, 1.82) is 0 Å². The van der Waals surface area contributed by atoms with Crippen LogP contribution in [0.2, 0.25) is 0 Å². The summed E-state index contributed by atoms with van der Waals surface area (Å²) < 4.78 is 48.7. The van der Waals surface area contributed by atoms with Gasteiger partial charge >= 0.3 is 5.97 Å². The molecule has 188 valence electrons. The van der Waals surface area contributed by atoms with Crippen molar-refractivity contribution in [2.45, 2.75) is 45.1 Å². The van der Waals surface area contributed by atoms with Gasteiger partial charge < -0.3 is 9.30 Å². The third kappa shape index (κ3) is 6.03. The maximum Gasteiger partial charge on any atom is 0.326 e. The molecule has 0 unspecified atom stereocenters. The highest BCUT2D eigenvalue weighted by Gasteiger charge is 2.23. The van der Waals surface area contributed by atoms with Crippen LogP contribution in [-0.4, -0.2) is 48.9 Å². The van der Waals surface area contributed by atoms with Gasteiger partial charge in [-0.3, -0.25) is 9.59 Å². The number of carbonyl (C=O) groups excluding carboxylic acids is 2. The van der Waals surface area contributed by atoms with Crippen LogP contribution in [0.15, 0.2) is 52.4 Å². The largest absolute Gasteiger partial charge is 0.465 e. The monoisotopic (exact) mass is 521 g/mol. The van der Waals surface area contributed by atoms with E-state index in [-0.39, 0.29) is 33.9 Å². The Morgan fingerprint density at radius 2 is 1.71 bits per heavy atom. The van der Waals surface area contributed by atoms with E-state index in [9.17, 15) is 22.4 Å². The molecule has 0 aliphatic rings. The fourth-order valence-corrected chi connectivity index (χ4v) is 6.24. The van der Waals surface area contributed by atoms with Gasteiger partial charge in [-0.25, -0.2) is 12.8 Å². The number of rotatable bonds is 10. The fourth-order valence-electron chi connectivity index (χ4n) is 3.58. The van der Waals surface area contributed by atoms with Crippen LogP contribution in [0.25, 0.3) is 10.2 Å². The summed E-state index contributed by atoms with van der Waals surface area (Å²) in [6, 6.07) is 10.0. The molecular weight excluding hydrogens is 493 g/mol. The maximum absolute atomic E-state index is 14.5. The number of para-hydroxylation sites is 1. The summed E-state index contributed by atoms with van der Waals surface area (Å²) in [7, 11) is -3.68. The standard InChI is InChI=1S/C24H28FN3O5S2/c1-4-14-27(15-5-2)35(31,32)18-12-10-17(11-13-18)23(30)26-24-28(16-21(29)33-6-3)22-19(25)8-7-9-20(22)34-24/h7-13H,4-6,14-16H2,1-3H3. The second-order valence-corrected chi connectivity index (χ2v) is 10.7. The number of benzene rings is 2.